The molecule has 88 valence electrons. The van der Waals surface area contributed by atoms with Gasteiger partial charge in [-0.25, -0.2) is 0 Å². The molecule has 4 nitrogen and oxygen atoms in total. The molecule has 0 aromatic heterocycles. The van der Waals surface area contributed by atoms with Gasteiger partial charge in [0, 0.05) is 18.1 Å². The number of benzene rings is 1. The first kappa shape index (κ1) is 11.9. The van der Waals surface area contributed by atoms with Crippen molar-refractivity contribution in [1.29, 1.82) is 0 Å². The van der Waals surface area contributed by atoms with Gasteiger partial charge in [-0.2, -0.15) is 0 Å². The van der Waals surface area contributed by atoms with E-state index in [4.69, 9.17) is 0 Å². The van der Waals surface area contributed by atoms with Crippen molar-refractivity contribution < 1.29 is 4.92 Å². The molecular formula is C12H12N2O2S. The van der Waals surface area contributed by atoms with E-state index in [1.165, 1.54) is 6.07 Å². The molecule has 0 spiro atoms. The summed E-state index contributed by atoms with van der Waals surface area (Å²) in [5.41, 5.74) is 1.08. The van der Waals surface area contributed by atoms with Crippen LogP contribution in [0, 0.1) is 10.1 Å². The van der Waals surface area contributed by atoms with Crippen LogP contribution in [0.2, 0.25) is 0 Å². The summed E-state index contributed by atoms with van der Waals surface area (Å²) >= 11 is 1.61. The van der Waals surface area contributed by atoms with Gasteiger partial charge in [0.1, 0.15) is 0 Å². The molecule has 1 unspecified atom stereocenters. The van der Waals surface area contributed by atoms with E-state index in [0.29, 0.717) is 6.54 Å². The van der Waals surface area contributed by atoms with Crippen molar-refractivity contribution in [2.24, 2.45) is 4.99 Å². The standard InChI is InChI=1S/C12H12N2O2S/c1-17-12-6-5-10(8-13-12)9-3-2-4-11(7-9)14(15)16/h2-7,10H,8H2,1H3. The zero-order valence-corrected chi connectivity index (χ0v) is 10.2. The highest BCUT2D eigenvalue weighted by atomic mass is 32.2. The number of hydrogen-bond donors (Lipinski definition) is 0. The Hall–Kier alpha value is -1.62. The molecule has 1 heterocycles. The van der Waals surface area contributed by atoms with Crippen LogP contribution >= 0.6 is 11.8 Å². The van der Waals surface area contributed by atoms with Crippen LogP contribution in [0.5, 0.6) is 0 Å². The van der Waals surface area contributed by atoms with E-state index in [0.717, 1.165) is 10.6 Å². The fourth-order valence-electron chi connectivity index (χ4n) is 1.72. The highest BCUT2D eigenvalue weighted by Crippen LogP contribution is 2.25. The van der Waals surface area contributed by atoms with Gasteiger partial charge in [0.05, 0.1) is 16.5 Å². The van der Waals surface area contributed by atoms with Crippen molar-refractivity contribution in [3.05, 3.63) is 52.1 Å². The molecule has 1 aromatic carbocycles. The average molecular weight is 248 g/mol. The summed E-state index contributed by atoms with van der Waals surface area (Å²) < 4.78 is 0. The maximum Gasteiger partial charge on any atom is 0.269 e. The second-order valence-electron chi connectivity index (χ2n) is 3.70. The van der Waals surface area contributed by atoms with Gasteiger partial charge in [-0.1, -0.05) is 18.2 Å². The molecule has 1 atom stereocenters. The maximum atomic E-state index is 10.7. The van der Waals surface area contributed by atoms with Gasteiger partial charge in [-0.15, -0.1) is 11.8 Å². The first-order chi connectivity index (χ1) is 8.20. The third-order valence-corrected chi connectivity index (χ3v) is 3.32. The van der Waals surface area contributed by atoms with E-state index >= 15 is 0 Å². The fourth-order valence-corrected chi connectivity index (χ4v) is 2.14. The van der Waals surface area contributed by atoms with Crippen molar-refractivity contribution in [2.75, 3.05) is 12.8 Å². The highest BCUT2D eigenvalue weighted by molar-refractivity contribution is 8.13. The molecule has 0 radical (unpaired) electrons. The molecule has 17 heavy (non-hydrogen) atoms. The third-order valence-electron chi connectivity index (χ3n) is 2.63. The first-order valence-corrected chi connectivity index (χ1v) is 6.44. The maximum absolute atomic E-state index is 10.7. The van der Waals surface area contributed by atoms with Gasteiger partial charge in [-0.05, 0) is 17.9 Å². The van der Waals surface area contributed by atoms with Gasteiger partial charge in [0.15, 0.2) is 0 Å². The van der Waals surface area contributed by atoms with Crippen LogP contribution in [0.15, 0.2) is 41.4 Å². The molecule has 2 rings (SSSR count). The molecule has 1 aliphatic rings. The summed E-state index contributed by atoms with van der Waals surface area (Å²) in [4.78, 5) is 14.7. The van der Waals surface area contributed by atoms with Crippen LogP contribution < -0.4 is 0 Å². The van der Waals surface area contributed by atoms with Gasteiger partial charge in [0.25, 0.3) is 5.69 Å². The molecule has 0 amide bonds. The largest absolute Gasteiger partial charge is 0.278 e. The molecule has 0 saturated carbocycles. The summed E-state index contributed by atoms with van der Waals surface area (Å²) in [6, 6.07) is 6.75. The zero-order chi connectivity index (χ0) is 12.3. The van der Waals surface area contributed by atoms with E-state index in [1.807, 2.05) is 18.4 Å². The number of dihydropyridines is 1. The van der Waals surface area contributed by atoms with E-state index in [2.05, 4.69) is 11.1 Å². The molecule has 0 fully saturated rings. The SMILES string of the molecule is CSC1=NCC(c2cccc([N+](=O)[O-])c2)C=C1. The Kier molecular flexibility index (Phi) is 3.58. The van der Waals surface area contributed by atoms with Crippen LogP contribution in [0.25, 0.3) is 0 Å². The Labute approximate surface area is 104 Å². The molecule has 0 aliphatic carbocycles. The molecule has 0 bridgehead atoms. The molecule has 1 aromatic rings. The molecule has 0 saturated heterocycles. The van der Waals surface area contributed by atoms with E-state index in [-0.39, 0.29) is 16.5 Å². The normalized spacial score (nSPS) is 18.9. The van der Waals surface area contributed by atoms with E-state index < -0.39 is 0 Å². The van der Waals surface area contributed by atoms with Crippen molar-refractivity contribution in [1.82, 2.24) is 0 Å². The van der Waals surface area contributed by atoms with Crippen molar-refractivity contribution in [2.45, 2.75) is 5.92 Å². The Balaban J connectivity index is 2.20. The van der Waals surface area contributed by atoms with Crippen LogP contribution in [0.1, 0.15) is 11.5 Å². The summed E-state index contributed by atoms with van der Waals surface area (Å²) in [5, 5.41) is 11.7. The number of hydrogen-bond acceptors (Lipinski definition) is 4. The van der Waals surface area contributed by atoms with E-state index in [9.17, 15) is 10.1 Å². The summed E-state index contributed by atoms with van der Waals surface area (Å²) in [6.07, 6.45) is 6.01. The quantitative estimate of drug-likeness (QED) is 0.597. The van der Waals surface area contributed by atoms with Crippen molar-refractivity contribution >= 4 is 22.5 Å². The van der Waals surface area contributed by atoms with Gasteiger partial charge < -0.3 is 0 Å². The van der Waals surface area contributed by atoms with Gasteiger partial charge in [0.2, 0.25) is 0 Å². The Bertz CT molecular complexity index is 497. The van der Waals surface area contributed by atoms with Crippen LogP contribution in [0.3, 0.4) is 0 Å². The van der Waals surface area contributed by atoms with Gasteiger partial charge >= 0.3 is 0 Å². The highest BCUT2D eigenvalue weighted by Gasteiger charge is 2.14. The smallest absolute Gasteiger partial charge is 0.269 e. The zero-order valence-electron chi connectivity index (χ0n) is 9.37. The predicted octanol–water partition coefficient (Wildman–Crippen LogP) is 3.01. The topological polar surface area (TPSA) is 55.5 Å². The van der Waals surface area contributed by atoms with Crippen LogP contribution in [-0.2, 0) is 0 Å². The predicted molar refractivity (Wildman–Crippen MR) is 70.8 cm³/mol. The summed E-state index contributed by atoms with van der Waals surface area (Å²) in [6.45, 7) is 0.661. The lowest BCUT2D eigenvalue weighted by molar-refractivity contribution is -0.384. The minimum atomic E-state index is -0.368. The minimum absolute atomic E-state index is 0.135. The molecule has 1 aliphatic heterocycles. The number of non-ortho nitro benzene ring substituents is 1. The number of nitro benzene ring substituents is 1. The van der Waals surface area contributed by atoms with E-state index in [1.54, 1.807) is 23.9 Å². The lowest BCUT2D eigenvalue weighted by Crippen LogP contribution is -2.07. The minimum Gasteiger partial charge on any atom is -0.278 e. The Morgan fingerprint density at radius 1 is 1.53 bits per heavy atom. The number of thioether (sulfide) groups is 1. The number of rotatable bonds is 2. The second kappa shape index (κ2) is 5.14. The monoisotopic (exact) mass is 248 g/mol. The van der Waals surface area contributed by atoms with Crippen molar-refractivity contribution in [3.8, 4) is 0 Å². The first-order valence-electron chi connectivity index (χ1n) is 5.21. The lowest BCUT2D eigenvalue weighted by atomic mass is 9.97. The summed E-state index contributed by atoms with van der Waals surface area (Å²) in [7, 11) is 0. The molecular weight excluding hydrogens is 236 g/mol. The van der Waals surface area contributed by atoms with Crippen molar-refractivity contribution in [3.63, 3.8) is 0 Å². The molecule has 0 N–H and O–H groups in total. The third kappa shape index (κ3) is 2.74. The second-order valence-corrected chi connectivity index (χ2v) is 4.53. The molecule has 5 heteroatoms. The number of aliphatic imine (C=N–C) groups is 1. The van der Waals surface area contributed by atoms with Crippen LogP contribution in [-0.4, -0.2) is 22.8 Å². The van der Waals surface area contributed by atoms with Gasteiger partial charge in [-0.3, -0.25) is 15.1 Å². The number of nitro groups is 1. The Morgan fingerprint density at radius 2 is 2.35 bits per heavy atom. The fraction of sp³-hybridized carbons (Fsp3) is 0.250. The van der Waals surface area contributed by atoms with Crippen LogP contribution in [0.4, 0.5) is 5.69 Å². The summed E-state index contributed by atoms with van der Waals surface area (Å²) in [5.74, 6) is 0.144. The average Bonchev–Trinajstić information content (AvgIpc) is 2.39. The number of nitrogens with zero attached hydrogens (tertiary/aromatic N) is 2. The lowest BCUT2D eigenvalue weighted by Gasteiger charge is -2.14. The Morgan fingerprint density at radius 3 is 2.94 bits per heavy atom.